The predicted molar refractivity (Wildman–Crippen MR) is 191 cm³/mol. The molecule has 3 atom stereocenters. The van der Waals surface area contributed by atoms with Crippen molar-refractivity contribution in [3.8, 4) is 0 Å². The number of piperidine rings is 1. The first-order chi connectivity index (χ1) is 23.4. The monoisotopic (exact) mass is 641 g/mol. The SMILES string of the molecule is NC(CNC(=O)C(Cc1ccc2ccccc2c1)NC(=O)[C@@H](Cc1ccc2ccccc2c1)NC(=O)C1CCNCC1)c1ccccc1. The van der Waals surface area contributed by atoms with Crippen molar-refractivity contribution in [3.63, 3.8) is 0 Å². The number of carbonyl (C=O) groups is 3. The summed E-state index contributed by atoms with van der Waals surface area (Å²) in [5.74, 6) is -1.05. The fourth-order valence-corrected chi connectivity index (χ4v) is 6.42. The van der Waals surface area contributed by atoms with E-state index in [4.69, 9.17) is 5.73 Å². The molecule has 2 unspecified atom stereocenters. The van der Waals surface area contributed by atoms with E-state index in [-0.39, 0.29) is 37.1 Å². The van der Waals surface area contributed by atoms with Crippen LogP contribution in [0.3, 0.4) is 0 Å². The molecule has 1 fully saturated rings. The molecule has 0 saturated carbocycles. The Bertz CT molecular complexity index is 1870. The summed E-state index contributed by atoms with van der Waals surface area (Å²) in [6, 6.07) is 35.6. The van der Waals surface area contributed by atoms with Gasteiger partial charge in [-0.15, -0.1) is 0 Å². The molecule has 0 aromatic heterocycles. The Labute approximate surface area is 281 Å². The average molecular weight is 642 g/mol. The predicted octanol–water partition coefficient (Wildman–Crippen LogP) is 4.56. The lowest BCUT2D eigenvalue weighted by Gasteiger charge is -2.27. The molecule has 48 heavy (non-hydrogen) atoms. The molecule has 1 saturated heterocycles. The van der Waals surface area contributed by atoms with Gasteiger partial charge in [0.05, 0.1) is 0 Å². The summed E-state index contributed by atoms with van der Waals surface area (Å²) >= 11 is 0. The molecule has 0 spiro atoms. The Balaban J connectivity index is 1.24. The Morgan fingerprint density at radius 2 is 1.17 bits per heavy atom. The molecule has 6 N–H and O–H groups in total. The maximum Gasteiger partial charge on any atom is 0.243 e. The molecule has 0 bridgehead atoms. The van der Waals surface area contributed by atoms with Crippen molar-refractivity contribution in [2.75, 3.05) is 19.6 Å². The second-order valence-electron chi connectivity index (χ2n) is 12.7. The van der Waals surface area contributed by atoms with Crippen molar-refractivity contribution in [2.45, 2.75) is 43.8 Å². The van der Waals surface area contributed by atoms with Gasteiger partial charge in [0.25, 0.3) is 0 Å². The summed E-state index contributed by atoms with van der Waals surface area (Å²) in [6.45, 7) is 1.73. The van der Waals surface area contributed by atoms with Crippen molar-refractivity contribution in [3.05, 3.63) is 132 Å². The zero-order valence-electron chi connectivity index (χ0n) is 27.0. The Kier molecular flexibility index (Phi) is 10.7. The van der Waals surface area contributed by atoms with Gasteiger partial charge < -0.3 is 27.0 Å². The summed E-state index contributed by atoms with van der Waals surface area (Å²) in [4.78, 5) is 41.4. The summed E-state index contributed by atoms with van der Waals surface area (Å²) in [6.07, 6.45) is 1.99. The third-order valence-corrected chi connectivity index (χ3v) is 9.21. The van der Waals surface area contributed by atoms with Crippen molar-refractivity contribution in [1.82, 2.24) is 21.3 Å². The number of benzene rings is 5. The molecule has 5 aromatic rings. The third kappa shape index (κ3) is 8.45. The van der Waals surface area contributed by atoms with Gasteiger partial charge >= 0.3 is 0 Å². The van der Waals surface area contributed by atoms with Crippen LogP contribution in [0.4, 0.5) is 0 Å². The summed E-state index contributed by atoms with van der Waals surface area (Å²) in [7, 11) is 0. The zero-order chi connectivity index (χ0) is 33.3. The number of fused-ring (bicyclic) bond motifs is 2. The van der Waals surface area contributed by atoms with Crippen LogP contribution >= 0.6 is 0 Å². The first-order valence-corrected chi connectivity index (χ1v) is 16.8. The lowest BCUT2D eigenvalue weighted by atomic mass is 9.95. The quantitative estimate of drug-likeness (QED) is 0.137. The minimum atomic E-state index is -0.892. The fraction of sp³-hybridized carbons (Fsp3) is 0.275. The van der Waals surface area contributed by atoms with Crippen LogP contribution in [0.15, 0.2) is 115 Å². The van der Waals surface area contributed by atoms with Crippen LogP contribution in [0.25, 0.3) is 21.5 Å². The maximum absolute atomic E-state index is 14.2. The second kappa shape index (κ2) is 15.7. The van der Waals surface area contributed by atoms with Crippen LogP contribution in [0.2, 0.25) is 0 Å². The summed E-state index contributed by atoms with van der Waals surface area (Å²) < 4.78 is 0. The highest BCUT2D eigenvalue weighted by molar-refractivity contribution is 5.93. The molecule has 1 aliphatic rings. The molecule has 0 radical (unpaired) electrons. The molecule has 0 aliphatic carbocycles. The highest BCUT2D eigenvalue weighted by Gasteiger charge is 2.30. The van der Waals surface area contributed by atoms with Crippen molar-refractivity contribution >= 4 is 39.3 Å². The molecular formula is C40H43N5O3. The van der Waals surface area contributed by atoms with Gasteiger partial charge in [-0.3, -0.25) is 14.4 Å². The largest absolute Gasteiger partial charge is 0.352 e. The number of hydrogen-bond donors (Lipinski definition) is 5. The third-order valence-electron chi connectivity index (χ3n) is 9.21. The molecule has 3 amide bonds. The van der Waals surface area contributed by atoms with E-state index in [0.29, 0.717) is 12.8 Å². The molecule has 6 rings (SSSR count). The minimum Gasteiger partial charge on any atom is -0.352 e. The number of rotatable bonds is 12. The molecule has 8 heteroatoms. The van der Waals surface area contributed by atoms with E-state index < -0.39 is 24.0 Å². The number of amides is 3. The van der Waals surface area contributed by atoms with Gasteiger partial charge in [-0.05, 0) is 64.2 Å². The Hall–Kier alpha value is -5.05. The van der Waals surface area contributed by atoms with Crippen LogP contribution in [-0.4, -0.2) is 49.4 Å². The Morgan fingerprint density at radius 3 is 1.75 bits per heavy atom. The van der Waals surface area contributed by atoms with E-state index in [9.17, 15) is 14.4 Å². The lowest BCUT2D eigenvalue weighted by molar-refractivity contribution is -0.133. The highest BCUT2D eigenvalue weighted by Crippen LogP contribution is 2.20. The lowest BCUT2D eigenvalue weighted by Crippen LogP contribution is -2.56. The standard InChI is InChI=1S/C40H43N5O3/c41-35(31-10-2-1-3-11-31)26-43-39(47)36(24-27-14-16-29-8-4-6-12-33(29)22-27)45-40(48)37(44-38(46)32-18-20-42-21-19-32)25-28-15-17-30-9-5-7-13-34(30)23-28/h1-17,22-23,32,35-37,42H,18-21,24-26,41H2,(H,43,47)(H,44,46)(H,45,48)/t35?,36?,37-/m1/s1. The fourth-order valence-electron chi connectivity index (χ4n) is 6.42. The van der Waals surface area contributed by atoms with Gasteiger partial charge in [0.15, 0.2) is 0 Å². The van der Waals surface area contributed by atoms with E-state index in [1.165, 1.54) is 0 Å². The molecular weight excluding hydrogens is 598 g/mol. The number of nitrogens with two attached hydrogens (primary N) is 1. The Morgan fingerprint density at radius 1 is 0.646 bits per heavy atom. The highest BCUT2D eigenvalue weighted by atomic mass is 16.2. The van der Waals surface area contributed by atoms with Gasteiger partial charge in [-0.25, -0.2) is 0 Å². The second-order valence-corrected chi connectivity index (χ2v) is 12.7. The van der Waals surface area contributed by atoms with E-state index in [1.54, 1.807) is 0 Å². The van der Waals surface area contributed by atoms with Crippen molar-refractivity contribution in [1.29, 1.82) is 0 Å². The van der Waals surface area contributed by atoms with Gasteiger partial charge in [0.2, 0.25) is 17.7 Å². The molecule has 5 aromatic carbocycles. The summed E-state index contributed by atoms with van der Waals surface area (Å²) in [5.41, 5.74) is 9.14. The van der Waals surface area contributed by atoms with E-state index in [1.807, 2.05) is 109 Å². The average Bonchev–Trinajstić information content (AvgIpc) is 3.13. The molecule has 1 heterocycles. The molecule has 8 nitrogen and oxygen atoms in total. The smallest absolute Gasteiger partial charge is 0.243 e. The van der Waals surface area contributed by atoms with Crippen LogP contribution < -0.4 is 27.0 Å². The van der Waals surface area contributed by atoms with Crippen molar-refractivity contribution in [2.24, 2.45) is 11.7 Å². The maximum atomic E-state index is 14.2. The van der Waals surface area contributed by atoms with Gasteiger partial charge in [0.1, 0.15) is 12.1 Å². The molecule has 246 valence electrons. The summed E-state index contributed by atoms with van der Waals surface area (Å²) in [5, 5.41) is 16.6. The van der Waals surface area contributed by atoms with Crippen LogP contribution in [0.5, 0.6) is 0 Å². The van der Waals surface area contributed by atoms with Crippen LogP contribution in [0.1, 0.15) is 35.6 Å². The minimum absolute atomic E-state index is 0.137. The number of hydrogen-bond acceptors (Lipinski definition) is 5. The van der Waals surface area contributed by atoms with E-state index in [0.717, 1.165) is 51.3 Å². The van der Waals surface area contributed by atoms with Crippen LogP contribution in [0, 0.1) is 5.92 Å². The van der Waals surface area contributed by atoms with E-state index >= 15 is 0 Å². The number of nitrogens with one attached hydrogen (secondary N) is 4. The van der Waals surface area contributed by atoms with Gasteiger partial charge in [0, 0.05) is 31.3 Å². The first-order valence-electron chi connectivity index (χ1n) is 16.8. The normalized spacial score (nSPS) is 15.4. The topological polar surface area (TPSA) is 125 Å². The van der Waals surface area contributed by atoms with Crippen LogP contribution in [-0.2, 0) is 27.2 Å². The van der Waals surface area contributed by atoms with Crippen molar-refractivity contribution < 1.29 is 14.4 Å². The van der Waals surface area contributed by atoms with E-state index in [2.05, 4.69) is 27.3 Å². The zero-order valence-corrected chi connectivity index (χ0v) is 27.0. The first kappa shape index (κ1) is 32.9. The number of carbonyl (C=O) groups excluding carboxylic acids is 3. The van der Waals surface area contributed by atoms with Gasteiger partial charge in [-0.1, -0.05) is 115 Å². The molecule has 1 aliphatic heterocycles. The van der Waals surface area contributed by atoms with Gasteiger partial charge in [-0.2, -0.15) is 0 Å².